The summed E-state index contributed by atoms with van der Waals surface area (Å²) >= 11 is 0. The van der Waals surface area contributed by atoms with Crippen molar-refractivity contribution in [2.45, 2.75) is 11.4 Å². The quantitative estimate of drug-likeness (QED) is 0.619. The third-order valence-electron chi connectivity index (χ3n) is 5.33. The van der Waals surface area contributed by atoms with Crippen LogP contribution in [0, 0.1) is 5.82 Å². The third kappa shape index (κ3) is 5.12. The number of hydrogen-bond acceptors (Lipinski definition) is 5. The lowest BCUT2D eigenvalue weighted by atomic mass is 10.1. The summed E-state index contributed by atoms with van der Waals surface area (Å²) in [6.07, 6.45) is 1.76. The Hall–Kier alpha value is -3.30. The maximum atomic E-state index is 13.0. The lowest BCUT2D eigenvalue weighted by Gasteiger charge is -2.35. The predicted octanol–water partition coefficient (Wildman–Crippen LogP) is 2.66. The Morgan fingerprint density at radius 1 is 0.938 bits per heavy atom. The van der Waals surface area contributed by atoms with E-state index in [0.717, 1.165) is 18.0 Å². The molecule has 2 heterocycles. The number of sulfonamides is 1. The Labute approximate surface area is 186 Å². The summed E-state index contributed by atoms with van der Waals surface area (Å²) in [7, 11) is -3.75. The number of nitrogens with one attached hydrogen (secondary N) is 1. The minimum atomic E-state index is -3.75. The van der Waals surface area contributed by atoms with Crippen molar-refractivity contribution >= 4 is 21.7 Å². The number of rotatable bonds is 6. The number of halogens is 1. The van der Waals surface area contributed by atoms with Crippen LogP contribution in [-0.4, -0.2) is 50.4 Å². The largest absolute Gasteiger partial charge is 0.353 e. The van der Waals surface area contributed by atoms with Gasteiger partial charge in [-0.25, -0.2) is 22.5 Å². The van der Waals surface area contributed by atoms with Crippen molar-refractivity contribution in [3.05, 3.63) is 89.9 Å². The average molecular weight is 455 g/mol. The lowest BCUT2D eigenvalue weighted by molar-refractivity contribution is 0.0746. The Morgan fingerprint density at radius 3 is 2.25 bits per heavy atom. The molecule has 0 spiro atoms. The number of benzene rings is 2. The van der Waals surface area contributed by atoms with Crippen LogP contribution in [0.1, 0.15) is 15.9 Å². The second-order valence-corrected chi connectivity index (χ2v) is 9.21. The van der Waals surface area contributed by atoms with Gasteiger partial charge in [0.15, 0.2) is 0 Å². The molecule has 1 amide bonds. The van der Waals surface area contributed by atoms with Gasteiger partial charge in [-0.15, -0.1) is 0 Å². The molecule has 4 rings (SSSR count). The first-order chi connectivity index (χ1) is 15.4. The van der Waals surface area contributed by atoms with E-state index in [0.29, 0.717) is 37.3 Å². The van der Waals surface area contributed by atoms with Crippen LogP contribution in [0.2, 0.25) is 0 Å². The number of pyridine rings is 1. The minimum absolute atomic E-state index is 0.00413. The lowest BCUT2D eigenvalue weighted by Crippen LogP contribution is -2.49. The molecule has 0 unspecified atom stereocenters. The molecule has 166 valence electrons. The van der Waals surface area contributed by atoms with Gasteiger partial charge < -0.3 is 9.80 Å². The Bertz CT molecular complexity index is 1160. The van der Waals surface area contributed by atoms with E-state index in [2.05, 4.69) is 14.6 Å². The number of nitrogens with zero attached hydrogens (tertiary/aromatic N) is 3. The van der Waals surface area contributed by atoms with Crippen molar-refractivity contribution in [3.63, 3.8) is 0 Å². The third-order valence-corrected chi connectivity index (χ3v) is 6.75. The molecule has 0 atom stereocenters. The van der Waals surface area contributed by atoms with Gasteiger partial charge in [0.25, 0.3) is 5.91 Å². The van der Waals surface area contributed by atoms with Crippen LogP contribution in [0.4, 0.5) is 10.2 Å². The highest BCUT2D eigenvalue weighted by molar-refractivity contribution is 7.89. The summed E-state index contributed by atoms with van der Waals surface area (Å²) in [4.78, 5) is 21.1. The molecule has 1 aliphatic rings. The van der Waals surface area contributed by atoms with E-state index in [1.54, 1.807) is 30.5 Å². The molecule has 0 aliphatic carbocycles. The highest BCUT2D eigenvalue weighted by Crippen LogP contribution is 2.16. The van der Waals surface area contributed by atoms with Gasteiger partial charge in [0, 0.05) is 44.5 Å². The van der Waals surface area contributed by atoms with Crippen LogP contribution in [0.25, 0.3) is 0 Å². The van der Waals surface area contributed by atoms with Gasteiger partial charge in [-0.3, -0.25) is 4.79 Å². The number of amides is 1. The fraction of sp³-hybridized carbons (Fsp3) is 0.217. The van der Waals surface area contributed by atoms with Gasteiger partial charge >= 0.3 is 0 Å². The molecule has 32 heavy (non-hydrogen) atoms. The highest BCUT2D eigenvalue weighted by Gasteiger charge is 2.22. The van der Waals surface area contributed by atoms with Gasteiger partial charge in [0.2, 0.25) is 10.0 Å². The number of aromatic nitrogens is 1. The van der Waals surface area contributed by atoms with E-state index in [4.69, 9.17) is 0 Å². The van der Waals surface area contributed by atoms with Crippen molar-refractivity contribution < 1.29 is 17.6 Å². The SMILES string of the molecule is O=C(c1ccc(CNS(=O)(=O)c2ccc(F)cc2)cc1)N1CCN(c2ccccn2)CC1. The maximum absolute atomic E-state index is 13.0. The second-order valence-electron chi connectivity index (χ2n) is 7.44. The molecular weight excluding hydrogens is 431 g/mol. The Balaban J connectivity index is 1.32. The first kappa shape index (κ1) is 21.9. The average Bonchev–Trinajstić information content (AvgIpc) is 2.84. The number of hydrogen-bond donors (Lipinski definition) is 1. The fourth-order valence-corrected chi connectivity index (χ4v) is 4.52. The molecular formula is C23H23FN4O3S. The molecule has 0 radical (unpaired) electrons. The molecule has 0 saturated carbocycles. The van der Waals surface area contributed by atoms with Crippen LogP contribution in [-0.2, 0) is 16.6 Å². The standard InChI is InChI=1S/C23H23FN4O3S/c24-20-8-10-21(11-9-20)32(30,31)26-17-18-4-6-19(7-5-18)23(29)28-15-13-27(14-16-28)22-3-1-2-12-25-22/h1-12,26H,13-17H2. The van der Waals surface area contributed by atoms with Crippen molar-refractivity contribution in [2.75, 3.05) is 31.1 Å². The molecule has 1 fully saturated rings. The summed E-state index contributed by atoms with van der Waals surface area (Å²) in [5.41, 5.74) is 1.27. The number of carbonyl (C=O) groups is 1. The van der Waals surface area contributed by atoms with Crippen LogP contribution in [0.3, 0.4) is 0 Å². The van der Waals surface area contributed by atoms with E-state index in [1.807, 2.05) is 23.1 Å². The van der Waals surface area contributed by atoms with E-state index in [-0.39, 0.29) is 17.3 Å². The van der Waals surface area contributed by atoms with Crippen molar-refractivity contribution in [3.8, 4) is 0 Å². The van der Waals surface area contributed by atoms with Crippen LogP contribution < -0.4 is 9.62 Å². The highest BCUT2D eigenvalue weighted by atomic mass is 32.2. The summed E-state index contributed by atoms with van der Waals surface area (Å²) in [5, 5.41) is 0. The van der Waals surface area contributed by atoms with Gasteiger partial charge in [-0.2, -0.15) is 0 Å². The van der Waals surface area contributed by atoms with E-state index in [9.17, 15) is 17.6 Å². The number of carbonyl (C=O) groups excluding carboxylic acids is 1. The van der Waals surface area contributed by atoms with Crippen LogP contribution in [0.15, 0.2) is 77.8 Å². The number of anilines is 1. The smallest absolute Gasteiger partial charge is 0.253 e. The van der Waals surface area contributed by atoms with Crippen molar-refractivity contribution in [1.29, 1.82) is 0 Å². The zero-order valence-corrected chi connectivity index (χ0v) is 18.1. The molecule has 0 bridgehead atoms. The molecule has 1 N–H and O–H groups in total. The molecule has 9 heteroatoms. The summed E-state index contributed by atoms with van der Waals surface area (Å²) in [6.45, 7) is 2.71. The summed E-state index contributed by atoms with van der Waals surface area (Å²) in [6, 6.07) is 17.3. The zero-order valence-electron chi connectivity index (χ0n) is 17.3. The van der Waals surface area contributed by atoms with E-state index < -0.39 is 15.8 Å². The summed E-state index contributed by atoms with van der Waals surface area (Å²) < 4.78 is 40.1. The van der Waals surface area contributed by atoms with Gasteiger partial charge in [-0.1, -0.05) is 18.2 Å². The van der Waals surface area contributed by atoms with E-state index in [1.165, 1.54) is 12.1 Å². The van der Waals surface area contributed by atoms with E-state index >= 15 is 0 Å². The molecule has 1 saturated heterocycles. The second kappa shape index (κ2) is 9.46. The monoisotopic (exact) mass is 454 g/mol. The predicted molar refractivity (Wildman–Crippen MR) is 119 cm³/mol. The van der Waals surface area contributed by atoms with Gasteiger partial charge in [0.1, 0.15) is 11.6 Å². The summed E-state index contributed by atoms with van der Waals surface area (Å²) in [5.74, 6) is 0.360. The first-order valence-corrected chi connectivity index (χ1v) is 11.7. The van der Waals surface area contributed by atoms with Crippen molar-refractivity contribution in [1.82, 2.24) is 14.6 Å². The first-order valence-electron chi connectivity index (χ1n) is 10.2. The topological polar surface area (TPSA) is 82.6 Å². The fourth-order valence-electron chi connectivity index (χ4n) is 3.50. The molecule has 1 aromatic heterocycles. The van der Waals surface area contributed by atoms with Gasteiger partial charge in [0.05, 0.1) is 4.90 Å². The molecule has 7 nitrogen and oxygen atoms in total. The molecule has 3 aromatic rings. The van der Waals surface area contributed by atoms with Gasteiger partial charge in [-0.05, 0) is 54.1 Å². The zero-order chi connectivity index (χ0) is 22.6. The Morgan fingerprint density at radius 2 is 1.62 bits per heavy atom. The maximum Gasteiger partial charge on any atom is 0.253 e. The number of piperazine rings is 1. The minimum Gasteiger partial charge on any atom is -0.353 e. The molecule has 1 aliphatic heterocycles. The van der Waals surface area contributed by atoms with Crippen molar-refractivity contribution in [2.24, 2.45) is 0 Å². The van der Waals surface area contributed by atoms with Crippen LogP contribution in [0.5, 0.6) is 0 Å². The van der Waals surface area contributed by atoms with Crippen LogP contribution >= 0.6 is 0 Å². The molecule has 2 aromatic carbocycles. The normalized spacial score (nSPS) is 14.4. The Kier molecular flexibility index (Phi) is 6.48.